The van der Waals surface area contributed by atoms with Crippen LogP contribution in [0.25, 0.3) is 0 Å². The maximum absolute atomic E-state index is 8.87. The van der Waals surface area contributed by atoms with E-state index in [0.717, 1.165) is 18.1 Å². The van der Waals surface area contributed by atoms with Crippen LogP contribution >= 0.6 is 11.3 Å². The maximum Gasteiger partial charge on any atom is 0.129 e. The van der Waals surface area contributed by atoms with Gasteiger partial charge in [-0.2, -0.15) is 5.26 Å². The molecule has 0 radical (unpaired) electrons. The van der Waals surface area contributed by atoms with Crippen molar-refractivity contribution in [3.63, 3.8) is 0 Å². The summed E-state index contributed by atoms with van der Waals surface area (Å²) in [5.74, 6) is 0. The Morgan fingerprint density at radius 2 is 2.38 bits per heavy atom. The van der Waals surface area contributed by atoms with Gasteiger partial charge in [0.25, 0.3) is 0 Å². The van der Waals surface area contributed by atoms with Gasteiger partial charge in [-0.25, -0.2) is 0 Å². The quantitative estimate of drug-likeness (QED) is 0.842. The molecule has 2 rings (SSSR count). The van der Waals surface area contributed by atoms with Crippen molar-refractivity contribution in [3.8, 4) is 6.07 Å². The third-order valence-electron chi connectivity index (χ3n) is 3.05. The molecular weight excluding hydrogens is 220 g/mol. The monoisotopic (exact) mass is 236 g/mol. The van der Waals surface area contributed by atoms with Crippen molar-refractivity contribution in [2.75, 3.05) is 37.8 Å². The van der Waals surface area contributed by atoms with Gasteiger partial charge in [-0.3, -0.25) is 0 Å². The molecule has 1 aromatic rings. The van der Waals surface area contributed by atoms with Crippen LogP contribution in [-0.2, 0) is 0 Å². The van der Waals surface area contributed by atoms with Crippen molar-refractivity contribution in [2.24, 2.45) is 0 Å². The first-order valence-electron chi connectivity index (χ1n) is 5.32. The largest absolute Gasteiger partial charge is 0.397 e. The van der Waals surface area contributed by atoms with Gasteiger partial charge in [-0.15, -0.1) is 11.3 Å². The second-order valence-electron chi connectivity index (χ2n) is 4.33. The van der Waals surface area contributed by atoms with Crippen molar-refractivity contribution >= 4 is 22.0 Å². The van der Waals surface area contributed by atoms with Gasteiger partial charge in [0.1, 0.15) is 10.9 Å². The molecular formula is C11H16N4S. The van der Waals surface area contributed by atoms with E-state index in [4.69, 9.17) is 11.0 Å². The molecule has 0 amide bonds. The van der Waals surface area contributed by atoms with Gasteiger partial charge >= 0.3 is 0 Å². The molecule has 5 heteroatoms. The van der Waals surface area contributed by atoms with Crippen molar-refractivity contribution in [1.82, 2.24) is 4.90 Å². The van der Waals surface area contributed by atoms with Crippen LogP contribution in [0, 0.1) is 11.3 Å². The summed E-state index contributed by atoms with van der Waals surface area (Å²) in [5.41, 5.74) is 6.37. The summed E-state index contributed by atoms with van der Waals surface area (Å²) >= 11 is 1.49. The van der Waals surface area contributed by atoms with E-state index >= 15 is 0 Å². The lowest BCUT2D eigenvalue weighted by molar-refractivity contribution is 0.315. The standard InChI is InChI=1S/C11H16N4S/c1-14(2)8-3-4-15(7-8)11-5-9(13)10(6-12)16-11/h5,8H,3-4,7,13H2,1-2H3. The topological polar surface area (TPSA) is 56.3 Å². The molecule has 16 heavy (non-hydrogen) atoms. The Bertz CT molecular complexity index is 418. The van der Waals surface area contributed by atoms with Crippen molar-refractivity contribution < 1.29 is 0 Å². The van der Waals surface area contributed by atoms with E-state index in [9.17, 15) is 0 Å². The van der Waals surface area contributed by atoms with Crippen LogP contribution in [0.3, 0.4) is 0 Å². The summed E-state index contributed by atoms with van der Waals surface area (Å²) in [5, 5.41) is 9.99. The van der Waals surface area contributed by atoms with E-state index in [1.54, 1.807) is 0 Å². The number of anilines is 2. The smallest absolute Gasteiger partial charge is 0.129 e. The zero-order valence-corrected chi connectivity index (χ0v) is 10.4. The zero-order valence-electron chi connectivity index (χ0n) is 9.60. The number of nitriles is 1. The Hall–Kier alpha value is -1.25. The van der Waals surface area contributed by atoms with E-state index in [-0.39, 0.29) is 0 Å². The molecule has 0 aromatic carbocycles. The van der Waals surface area contributed by atoms with Gasteiger partial charge < -0.3 is 15.5 Å². The van der Waals surface area contributed by atoms with E-state index < -0.39 is 0 Å². The average Bonchev–Trinajstić information content (AvgIpc) is 2.83. The van der Waals surface area contributed by atoms with Crippen LogP contribution in [0.2, 0.25) is 0 Å². The molecule has 0 spiro atoms. The highest BCUT2D eigenvalue weighted by atomic mass is 32.1. The SMILES string of the molecule is CN(C)C1CCN(c2cc(N)c(C#N)s2)C1. The predicted molar refractivity (Wildman–Crippen MR) is 67.8 cm³/mol. The molecule has 2 N–H and O–H groups in total. The molecule has 86 valence electrons. The number of hydrogen-bond acceptors (Lipinski definition) is 5. The van der Waals surface area contributed by atoms with Crippen molar-refractivity contribution in [3.05, 3.63) is 10.9 Å². The molecule has 0 saturated carbocycles. The third-order valence-corrected chi connectivity index (χ3v) is 4.17. The molecule has 2 heterocycles. The average molecular weight is 236 g/mol. The number of hydrogen-bond donors (Lipinski definition) is 1. The summed E-state index contributed by atoms with van der Waals surface area (Å²) < 4.78 is 0. The molecule has 0 aliphatic carbocycles. The van der Waals surface area contributed by atoms with Crippen LogP contribution < -0.4 is 10.6 Å². The Labute approximate surface area is 99.9 Å². The second-order valence-corrected chi connectivity index (χ2v) is 5.36. The minimum absolute atomic E-state index is 0.605. The normalized spacial score (nSPS) is 20.4. The Morgan fingerprint density at radius 3 is 2.88 bits per heavy atom. The molecule has 1 fully saturated rings. The van der Waals surface area contributed by atoms with Gasteiger partial charge in [0.05, 0.1) is 10.7 Å². The zero-order chi connectivity index (χ0) is 11.7. The lowest BCUT2D eigenvalue weighted by Crippen LogP contribution is -2.31. The van der Waals surface area contributed by atoms with Crippen LogP contribution in [0.1, 0.15) is 11.3 Å². The Kier molecular flexibility index (Phi) is 3.03. The first-order chi connectivity index (χ1) is 7.61. The van der Waals surface area contributed by atoms with E-state index in [1.807, 2.05) is 6.07 Å². The van der Waals surface area contributed by atoms with Crippen LogP contribution in [-0.4, -0.2) is 38.1 Å². The van der Waals surface area contributed by atoms with Gasteiger partial charge in [-0.05, 0) is 26.6 Å². The minimum Gasteiger partial charge on any atom is -0.397 e. The van der Waals surface area contributed by atoms with Gasteiger partial charge in [0.2, 0.25) is 0 Å². The summed E-state index contributed by atoms with van der Waals surface area (Å²) in [6, 6.07) is 4.65. The van der Waals surface area contributed by atoms with Gasteiger partial charge in [0.15, 0.2) is 0 Å². The molecule has 4 nitrogen and oxygen atoms in total. The van der Waals surface area contributed by atoms with Crippen molar-refractivity contribution in [2.45, 2.75) is 12.5 Å². The summed E-state index contributed by atoms with van der Waals surface area (Å²) in [7, 11) is 4.22. The first kappa shape index (κ1) is 11.2. The highest BCUT2D eigenvalue weighted by Crippen LogP contribution is 2.33. The van der Waals surface area contributed by atoms with Crippen LogP contribution in [0.4, 0.5) is 10.7 Å². The summed E-state index contributed by atoms with van der Waals surface area (Å²) in [6.45, 7) is 2.07. The van der Waals surface area contributed by atoms with E-state index in [1.165, 1.54) is 17.8 Å². The Morgan fingerprint density at radius 1 is 1.62 bits per heavy atom. The van der Waals surface area contributed by atoms with Gasteiger partial charge in [0, 0.05) is 19.1 Å². The fourth-order valence-electron chi connectivity index (χ4n) is 2.00. The van der Waals surface area contributed by atoms with E-state index in [2.05, 4.69) is 30.0 Å². The van der Waals surface area contributed by atoms with Crippen LogP contribution in [0.15, 0.2) is 6.07 Å². The second kappa shape index (κ2) is 4.32. The molecule has 1 aromatic heterocycles. The lowest BCUT2D eigenvalue weighted by Gasteiger charge is -2.20. The number of likely N-dealkylation sites (N-methyl/N-ethyl adjacent to an activating group) is 1. The van der Waals surface area contributed by atoms with Crippen molar-refractivity contribution in [1.29, 1.82) is 5.26 Å². The minimum atomic E-state index is 0.605. The van der Waals surface area contributed by atoms with Gasteiger partial charge in [-0.1, -0.05) is 0 Å². The summed E-state index contributed by atoms with van der Waals surface area (Å²) in [4.78, 5) is 5.19. The summed E-state index contributed by atoms with van der Waals surface area (Å²) in [6.07, 6.45) is 1.17. The fraction of sp³-hybridized carbons (Fsp3) is 0.545. The molecule has 0 bridgehead atoms. The number of nitrogen functional groups attached to an aromatic ring is 1. The molecule has 1 aliphatic heterocycles. The van der Waals surface area contributed by atoms with E-state index in [0.29, 0.717) is 16.6 Å². The molecule has 1 saturated heterocycles. The fourth-order valence-corrected chi connectivity index (χ4v) is 2.91. The van der Waals surface area contributed by atoms with Crippen LogP contribution in [0.5, 0.6) is 0 Å². The third kappa shape index (κ3) is 1.99. The maximum atomic E-state index is 8.87. The predicted octanol–water partition coefficient (Wildman–Crippen LogP) is 1.34. The molecule has 1 atom stereocenters. The highest BCUT2D eigenvalue weighted by Gasteiger charge is 2.25. The lowest BCUT2D eigenvalue weighted by atomic mass is 10.2. The Balaban J connectivity index is 2.12. The molecule has 1 aliphatic rings. The first-order valence-corrected chi connectivity index (χ1v) is 6.14. The number of rotatable bonds is 2. The number of thiophene rings is 1. The highest BCUT2D eigenvalue weighted by molar-refractivity contribution is 7.17. The number of nitrogens with zero attached hydrogens (tertiary/aromatic N) is 3. The molecule has 1 unspecified atom stereocenters. The number of nitrogens with two attached hydrogens (primary N) is 1.